The van der Waals surface area contributed by atoms with E-state index in [4.69, 9.17) is 4.74 Å². The molecule has 0 spiro atoms. The minimum Gasteiger partial charge on any atom is -0.384 e. The van der Waals surface area contributed by atoms with Gasteiger partial charge in [-0.2, -0.15) is 0 Å². The Hall–Kier alpha value is 0.110. The van der Waals surface area contributed by atoms with Crippen LogP contribution in [-0.4, -0.2) is 24.3 Å². The van der Waals surface area contributed by atoms with Crippen LogP contribution in [0.1, 0.15) is 13.8 Å². The Labute approximate surface area is 75.4 Å². The van der Waals surface area contributed by atoms with Gasteiger partial charge in [0.15, 0.2) is 5.78 Å². The topological polar surface area (TPSA) is 26.3 Å². The molecule has 3 heteroatoms. The predicted octanol–water partition coefficient (Wildman–Crippen LogP) is 1.62. The van der Waals surface area contributed by atoms with E-state index in [2.05, 4.69) is 15.9 Å². The minimum atomic E-state index is -0.190. The maximum atomic E-state index is 11.3. The number of rotatable bonds is 2. The first-order valence-corrected chi connectivity index (χ1v) is 4.60. The van der Waals surface area contributed by atoms with Crippen LogP contribution in [0.15, 0.2) is 0 Å². The van der Waals surface area contributed by atoms with E-state index in [1.165, 1.54) is 0 Å². The van der Waals surface area contributed by atoms with Gasteiger partial charge in [-0.05, 0) is 0 Å². The van der Waals surface area contributed by atoms with Crippen molar-refractivity contribution in [3.05, 3.63) is 0 Å². The van der Waals surface area contributed by atoms with Crippen LogP contribution in [0.25, 0.3) is 0 Å². The fourth-order valence-electron chi connectivity index (χ4n) is 1.46. The van der Waals surface area contributed by atoms with Crippen LogP contribution in [0, 0.1) is 11.3 Å². The summed E-state index contributed by atoms with van der Waals surface area (Å²) in [6.07, 6.45) is 0. The van der Waals surface area contributed by atoms with E-state index in [1.807, 2.05) is 13.8 Å². The standard InChI is InChI=1S/C8H13BrO2/c1-8(2)5(4-11-3)6(9)7(8)10/h5-6H,4H2,1-3H3. The molecule has 0 aromatic heterocycles. The zero-order valence-corrected chi connectivity index (χ0v) is 8.64. The molecule has 64 valence electrons. The molecule has 1 aliphatic carbocycles. The van der Waals surface area contributed by atoms with Gasteiger partial charge in [-0.3, -0.25) is 4.79 Å². The quantitative estimate of drug-likeness (QED) is 0.662. The van der Waals surface area contributed by atoms with Gasteiger partial charge in [-0.25, -0.2) is 0 Å². The molecule has 2 nitrogen and oxygen atoms in total. The van der Waals surface area contributed by atoms with Crippen molar-refractivity contribution < 1.29 is 9.53 Å². The van der Waals surface area contributed by atoms with Gasteiger partial charge in [-0.1, -0.05) is 29.8 Å². The molecule has 0 aliphatic heterocycles. The summed E-state index contributed by atoms with van der Waals surface area (Å²) in [5, 5.41) is 0. The summed E-state index contributed by atoms with van der Waals surface area (Å²) in [5.74, 6) is 0.625. The summed E-state index contributed by atoms with van der Waals surface area (Å²) in [6, 6.07) is 0. The molecular weight excluding hydrogens is 208 g/mol. The first-order valence-electron chi connectivity index (χ1n) is 3.69. The van der Waals surface area contributed by atoms with Gasteiger partial charge >= 0.3 is 0 Å². The molecule has 0 aromatic rings. The summed E-state index contributed by atoms with van der Waals surface area (Å²) in [5.41, 5.74) is -0.190. The highest BCUT2D eigenvalue weighted by Crippen LogP contribution is 2.46. The zero-order chi connectivity index (χ0) is 8.65. The second kappa shape index (κ2) is 2.87. The number of ether oxygens (including phenoxy) is 1. The fourth-order valence-corrected chi connectivity index (χ4v) is 2.87. The van der Waals surface area contributed by atoms with Crippen LogP contribution in [-0.2, 0) is 9.53 Å². The van der Waals surface area contributed by atoms with Crippen LogP contribution in [0.2, 0.25) is 0 Å². The maximum Gasteiger partial charge on any atom is 0.152 e. The lowest BCUT2D eigenvalue weighted by Gasteiger charge is -2.46. The summed E-state index contributed by atoms with van der Waals surface area (Å²) in [7, 11) is 1.67. The first kappa shape index (κ1) is 9.20. The van der Waals surface area contributed by atoms with Gasteiger partial charge < -0.3 is 4.74 Å². The zero-order valence-electron chi connectivity index (χ0n) is 7.06. The smallest absolute Gasteiger partial charge is 0.152 e. The third-order valence-electron chi connectivity index (χ3n) is 2.51. The number of hydrogen-bond acceptors (Lipinski definition) is 2. The Morgan fingerprint density at radius 2 is 2.18 bits per heavy atom. The van der Waals surface area contributed by atoms with E-state index in [-0.39, 0.29) is 10.2 Å². The van der Waals surface area contributed by atoms with E-state index in [9.17, 15) is 4.79 Å². The molecule has 0 saturated heterocycles. The molecule has 2 unspecified atom stereocenters. The molecular formula is C8H13BrO2. The molecule has 11 heavy (non-hydrogen) atoms. The molecule has 0 amide bonds. The Morgan fingerprint density at radius 3 is 2.55 bits per heavy atom. The molecule has 1 saturated carbocycles. The maximum absolute atomic E-state index is 11.3. The SMILES string of the molecule is COCC1C(Br)C(=O)C1(C)C. The highest BCUT2D eigenvalue weighted by molar-refractivity contribution is 9.10. The van der Waals surface area contributed by atoms with Gasteiger partial charge in [0.25, 0.3) is 0 Å². The second-order valence-electron chi connectivity index (χ2n) is 3.55. The Morgan fingerprint density at radius 1 is 1.64 bits per heavy atom. The van der Waals surface area contributed by atoms with Crippen LogP contribution < -0.4 is 0 Å². The predicted molar refractivity (Wildman–Crippen MR) is 46.9 cm³/mol. The largest absolute Gasteiger partial charge is 0.384 e. The number of hydrogen-bond donors (Lipinski definition) is 0. The monoisotopic (exact) mass is 220 g/mol. The number of carbonyl (C=O) groups excluding carboxylic acids is 1. The van der Waals surface area contributed by atoms with Crippen LogP contribution in [0.5, 0.6) is 0 Å². The normalized spacial score (nSPS) is 35.1. The Kier molecular flexibility index (Phi) is 2.40. The number of carbonyl (C=O) groups is 1. The number of halogens is 1. The number of alkyl halides is 1. The molecule has 1 aliphatic rings. The van der Waals surface area contributed by atoms with Crippen molar-refractivity contribution in [2.24, 2.45) is 11.3 Å². The molecule has 0 aromatic carbocycles. The van der Waals surface area contributed by atoms with Crippen molar-refractivity contribution in [2.75, 3.05) is 13.7 Å². The number of ketones is 1. The first-order chi connectivity index (χ1) is 5.01. The molecule has 0 bridgehead atoms. The average molecular weight is 221 g/mol. The molecule has 1 rings (SSSR count). The van der Waals surface area contributed by atoms with Crippen molar-refractivity contribution in [3.63, 3.8) is 0 Å². The molecule has 0 radical (unpaired) electrons. The van der Waals surface area contributed by atoms with Crippen molar-refractivity contribution in [2.45, 2.75) is 18.7 Å². The second-order valence-corrected chi connectivity index (χ2v) is 4.54. The van der Waals surface area contributed by atoms with E-state index in [1.54, 1.807) is 7.11 Å². The molecule has 2 atom stereocenters. The van der Waals surface area contributed by atoms with Crippen molar-refractivity contribution >= 4 is 21.7 Å². The summed E-state index contributed by atoms with van der Waals surface area (Å²) in [6.45, 7) is 4.60. The molecule has 1 fully saturated rings. The van der Waals surface area contributed by atoms with Gasteiger partial charge in [0.2, 0.25) is 0 Å². The highest BCUT2D eigenvalue weighted by atomic mass is 79.9. The van der Waals surface area contributed by atoms with E-state index in [0.717, 1.165) is 0 Å². The molecule has 0 N–H and O–H groups in total. The molecule has 0 heterocycles. The number of Topliss-reactive ketones (excluding diaryl/α,β-unsaturated/α-hetero) is 1. The Balaban J connectivity index is 2.61. The van der Waals surface area contributed by atoms with Crippen molar-refractivity contribution in [3.8, 4) is 0 Å². The van der Waals surface area contributed by atoms with Gasteiger partial charge in [0, 0.05) is 18.4 Å². The lowest BCUT2D eigenvalue weighted by atomic mass is 9.61. The lowest BCUT2D eigenvalue weighted by molar-refractivity contribution is -0.143. The summed E-state index contributed by atoms with van der Waals surface area (Å²) in [4.78, 5) is 11.3. The Bertz CT molecular complexity index is 177. The fraction of sp³-hybridized carbons (Fsp3) is 0.875. The van der Waals surface area contributed by atoms with Crippen LogP contribution in [0.3, 0.4) is 0 Å². The van der Waals surface area contributed by atoms with Crippen molar-refractivity contribution in [1.82, 2.24) is 0 Å². The van der Waals surface area contributed by atoms with Gasteiger partial charge in [0.05, 0.1) is 11.4 Å². The average Bonchev–Trinajstić information content (AvgIpc) is 1.98. The third-order valence-corrected chi connectivity index (χ3v) is 3.57. The third kappa shape index (κ3) is 1.25. The van der Waals surface area contributed by atoms with Crippen LogP contribution >= 0.6 is 15.9 Å². The van der Waals surface area contributed by atoms with E-state index < -0.39 is 0 Å². The summed E-state index contributed by atoms with van der Waals surface area (Å²) < 4.78 is 5.02. The van der Waals surface area contributed by atoms with E-state index in [0.29, 0.717) is 18.3 Å². The van der Waals surface area contributed by atoms with Crippen LogP contribution in [0.4, 0.5) is 0 Å². The minimum absolute atomic E-state index is 0.0115. The lowest BCUT2D eigenvalue weighted by Crippen LogP contribution is -2.57. The van der Waals surface area contributed by atoms with E-state index >= 15 is 0 Å². The highest BCUT2D eigenvalue weighted by Gasteiger charge is 2.54. The summed E-state index contributed by atoms with van der Waals surface area (Å²) >= 11 is 3.34. The number of methoxy groups -OCH3 is 1. The van der Waals surface area contributed by atoms with Gasteiger partial charge in [0.1, 0.15) is 0 Å². The van der Waals surface area contributed by atoms with Gasteiger partial charge in [-0.15, -0.1) is 0 Å². The van der Waals surface area contributed by atoms with Crippen molar-refractivity contribution in [1.29, 1.82) is 0 Å².